The Hall–Kier alpha value is -4.67. The molecular formula is C31H32N10O. The normalized spacial score (nSPS) is 24.2. The Morgan fingerprint density at radius 3 is 2.00 bits per heavy atom. The van der Waals surface area contributed by atoms with E-state index in [4.69, 9.17) is 0 Å². The molecule has 1 amide bonds. The lowest BCUT2D eigenvalue weighted by Gasteiger charge is -2.57. The van der Waals surface area contributed by atoms with Crippen LogP contribution in [-0.2, 0) is 6.42 Å². The minimum absolute atomic E-state index is 0.168. The van der Waals surface area contributed by atoms with Gasteiger partial charge in [-0.25, -0.2) is 0 Å². The maximum absolute atomic E-state index is 14.0. The van der Waals surface area contributed by atoms with Crippen molar-refractivity contribution in [2.75, 3.05) is 5.32 Å². The van der Waals surface area contributed by atoms with E-state index in [1.54, 1.807) is 0 Å². The van der Waals surface area contributed by atoms with Crippen molar-refractivity contribution in [2.24, 2.45) is 23.2 Å². The molecule has 4 fully saturated rings. The Morgan fingerprint density at radius 2 is 1.43 bits per heavy atom. The smallest absolute Gasteiger partial charge is 0.257 e. The summed E-state index contributed by atoms with van der Waals surface area (Å²) in [6, 6.07) is 17.7. The molecular weight excluding hydrogens is 528 g/mol. The summed E-state index contributed by atoms with van der Waals surface area (Å²) in [5.41, 5.74) is 6.03. The van der Waals surface area contributed by atoms with E-state index in [0.717, 1.165) is 47.5 Å². The summed E-state index contributed by atoms with van der Waals surface area (Å²) in [5, 5.41) is 31.9. The van der Waals surface area contributed by atoms with Crippen molar-refractivity contribution in [3.05, 3.63) is 65.9 Å². The van der Waals surface area contributed by atoms with E-state index >= 15 is 0 Å². The summed E-state index contributed by atoms with van der Waals surface area (Å²) in [4.78, 5) is 17.6. The molecule has 42 heavy (non-hydrogen) atoms. The van der Waals surface area contributed by atoms with Crippen molar-refractivity contribution < 1.29 is 4.79 Å². The van der Waals surface area contributed by atoms with Crippen LogP contribution in [0.15, 0.2) is 54.6 Å². The summed E-state index contributed by atoms with van der Waals surface area (Å²) >= 11 is 0. The Labute approximate surface area is 242 Å². The molecule has 3 heterocycles. The van der Waals surface area contributed by atoms with Gasteiger partial charge in [0.25, 0.3) is 5.91 Å². The van der Waals surface area contributed by atoms with Gasteiger partial charge in [-0.3, -0.25) is 4.79 Å². The fourth-order valence-corrected chi connectivity index (χ4v) is 8.38. The number of anilines is 1. The Bertz CT molecular complexity index is 1620. The Balaban J connectivity index is 1.11. The van der Waals surface area contributed by atoms with E-state index in [1.165, 1.54) is 38.5 Å². The predicted octanol–water partition coefficient (Wildman–Crippen LogP) is 5.44. The molecule has 11 nitrogen and oxygen atoms in total. The molecule has 0 radical (unpaired) electrons. The summed E-state index contributed by atoms with van der Waals surface area (Å²) in [6.07, 6.45) is 10.4. The van der Waals surface area contributed by atoms with Crippen LogP contribution in [0.2, 0.25) is 0 Å². The lowest BCUT2D eigenvalue weighted by molar-refractivity contribution is -0.0570. The highest BCUT2D eigenvalue weighted by Gasteiger charge is 2.50. The van der Waals surface area contributed by atoms with Gasteiger partial charge in [0.05, 0.1) is 5.56 Å². The molecule has 212 valence electrons. The first kappa shape index (κ1) is 25.1. The lowest BCUT2D eigenvalue weighted by Crippen LogP contribution is -2.46. The highest BCUT2D eigenvalue weighted by Crippen LogP contribution is 2.61. The third kappa shape index (κ3) is 4.68. The molecule has 4 saturated carbocycles. The monoisotopic (exact) mass is 560 g/mol. The van der Waals surface area contributed by atoms with Crippen LogP contribution in [0.3, 0.4) is 0 Å². The van der Waals surface area contributed by atoms with E-state index in [1.807, 2.05) is 42.5 Å². The van der Waals surface area contributed by atoms with Crippen LogP contribution in [0.1, 0.15) is 61.0 Å². The number of H-pyrrole nitrogens is 3. The average Bonchev–Trinajstić information content (AvgIpc) is 3.78. The zero-order chi connectivity index (χ0) is 28.1. The van der Waals surface area contributed by atoms with Crippen molar-refractivity contribution in [1.82, 2.24) is 46.2 Å². The second-order valence-corrected chi connectivity index (χ2v) is 12.6. The van der Waals surface area contributed by atoms with Crippen LogP contribution in [-0.4, -0.2) is 52.1 Å². The van der Waals surface area contributed by atoms with Crippen LogP contribution >= 0.6 is 0 Å². The van der Waals surface area contributed by atoms with Gasteiger partial charge in [-0.05, 0) is 115 Å². The Morgan fingerprint density at radius 1 is 0.810 bits per heavy atom. The van der Waals surface area contributed by atoms with Gasteiger partial charge in [-0.2, -0.15) is 10.4 Å². The number of aryl methyl sites for hydroxylation is 1. The Kier molecular flexibility index (Phi) is 5.97. The molecule has 5 aromatic rings. The molecule has 3 aromatic heterocycles. The molecule has 4 aliphatic carbocycles. The molecule has 2 aromatic carbocycles. The molecule has 11 heteroatoms. The highest BCUT2D eigenvalue weighted by atomic mass is 16.1. The van der Waals surface area contributed by atoms with Crippen LogP contribution in [0.4, 0.5) is 5.69 Å². The molecule has 9 rings (SSSR count). The van der Waals surface area contributed by atoms with Crippen molar-refractivity contribution >= 4 is 11.6 Å². The second-order valence-electron chi connectivity index (χ2n) is 12.6. The number of aromatic amines is 3. The van der Waals surface area contributed by atoms with Gasteiger partial charge in [-0.1, -0.05) is 30.3 Å². The number of aromatic nitrogens is 9. The van der Waals surface area contributed by atoms with Gasteiger partial charge in [0.15, 0.2) is 0 Å². The van der Waals surface area contributed by atoms with Crippen molar-refractivity contribution in [2.45, 2.75) is 51.4 Å². The molecule has 4 aliphatic rings. The quantitative estimate of drug-likeness (QED) is 0.197. The number of amides is 1. The number of nitrogens with one attached hydrogen (secondary N) is 4. The standard InChI is InChI=1S/C31H32N10O/c42-30(32-24-12-22(28-34-38-39-35-28)11-23(13-24)29-36-40-41-37-29)25-14-27(21-4-2-1-3-5-21)33-26(25)6-7-31-15-18-8-19(16-31)10-20(9-18)17-31/h1-5,11-14,18-20,33H,6-10,15-17H2,(H,32,42)(H,34,35,38,39)(H,36,37,40,41). The van der Waals surface area contributed by atoms with E-state index in [9.17, 15) is 4.79 Å². The van der Waals surface area contributed by atoms with E-state index in [0.29, 0.717) is 39.4 Å². The van der Waals surface area contributed by atoms with Crippen molar-refractivity contribution in [1.29, 1.82) is 0 Å². The largest absolute Gasteiger partial charge is 0.358 e. The number of tetrazole rings is 2. The molecule has 0 spiro atoms. The van der Waals surface area contributed by atoms with Gasteiger partial charge in [0.2, 0.25) is 11.6 Å². The van der Waals surface area contributed by atoms with Crippen LogP contribution < -0.4 is 5.32 Å². The summed E-state index contributed by atoms with van der Waals surface area (Å²) in [7, 11) is 0. The third-order valence-corrected chi connectivity index (χ3v) is 9.70. The molecule has 0 atom stereocenters. The van der Waals surface area contributed by atoms with Crippen LogP contribution in [0.5, 0.6) is 0 Å². The van der Waals surface area contributed by atoms with Crippen LogP contribution in [0, 0.1) is 23.2 Å². The zero-order valence-corrected chi connectivity index (χ0v) is 23.2. The van der Waals surface area contributed by atoms with Crippen molar-refractivity contribution in [3.63, 3.8) is 0 Å². The molecule has 0 unspecified atom stereocenters. The fourth-order valence-electron chi connectivity index (χ4n) is 8.38. The molecule has 0 aliphatic heterocycles. The van der Waals surface area contributed by atoms with Gasteiger partial charge in [0, 0.05) is 28.2 Å². The number of carbonyl (C=O) groups is 1. The maximum Gasteiger partial charge on any atom is 0.257 e. The lowest BCUT2D eigenvalue weighted by atomic mass is 9.48. The molecule has 4 N–H and O–H groups in total. The third-order valence-electron chi connectivity index (χ3n) is 9.70. The summed E-state index contributed by atoms with van der Waals surface area (Å²) < 4.78 is 0. The summed E-state index contributed by atoms with van der Waals surface area (Å²) in [5.74, 6) is 3.35. The fraction of sp³-hybridized carbons (Fsp3) is 0.387. The molecule has 4 bridgehead atoms. The van der Waals surface area contributed by atoms with Gasteiger partial charge < -0.3 is 10.3 Å². The van der Waals surface area contributed by atoms with Gasteiger partial charge in [-0.15, -0.1) is 20.4 Å². The number of carbonyl (C=O) groups excluding carboxylic acids is 1. The van der Waals surface area contributed by atoms with Gasteiger partial charge in [0.1, 0.15) is 0 Å². The highest BCUT2D eigenvalue weighted by molar-refractivity contribution is 6.06. The van der Waals surface area contributed by atoms with Gasteiger partial charge >= 0.3 is 0 Å². The minimum atomic E-state index is -0.168. The molecule has 0 saturated heterocycles. The first-order chi connectivity index (χ1) is 20.6. The zero-order valence-electron chi connectivity index (χ0n) is 23.2. The SMILES string of the molecule is O=C(Nc1cc(-c2nn[nH]n2)cc(-c2nn[nH]n2)c1)c1cc(-c2ccccc2)[nH]c1CCC12CC3CC(CC(C3)C1)C2. The summed E-state index contributed by atoms with van der Waals surface area (Å²) in [6.45, 7) is 0. The minimum Gasteiger partial charge on any atom is -0.358 e. The topological polar surface area (TPSA) is 154 Å². The number of rotatable bonds is 8. The second kappa shape index (κ2) is 10.0. The van der Waals surface area contributed by atoms with Crippen molar-refractivity contribution in [3.8, 4) is 34.0 Å². The first-order valence-electron chi connectivity index (χ1n) is 14.8. The van der Waals surface area contributed by atoms with Crippen LogP contribution in [0.25, 0.3) is 34.0 Å². The van der Waals surface area contributed by atoms with E-state index < -0.39 is 0 Å². The van der Waals surface area contributed by atoms with E-state index in [-0.39, 0.29) is 5.91 Å². The maximum atomic E-state index is 14.0. The average molecular weight is 561 g/mol. The number of nitrogens with zero attached hydrogens (tertiary/aromatic N) is 6. The number of hydrogen-bond donors (Lipinski definition) is 4. The number of hydrogen-bond acceptors (Lipinski definition) is 7. The van der Waals surface area contributed by atoms with E-state index in [2.05, 4.69) is 63.7 Å². The first-order valence-corrected chi connectivity index (χ1v) is 14.8. The predicted molar refractivity (Wildman–Crippen MR) is 156 cm³/mol. The number of benzene rings is 2.